The first-order valence-corrected chi connectivity index (χ1v) is 6.15. The second-order valence-corrected chi connectivity index (χ2v) is 5.85. The molecule has 0 saturated heterocycles. The van der Waals surface area contributed by atoms with Crippen LogP contribution in [0.1, 0.15) is 38.5 Å². The second-order valence-electron chi connectivity index (χ2n) is 5.85. The van der Waals surface area contributed by atoms with E-state index in [0.29, 0.717) is 12.1 Å². The van der Waals surface area contributed by atoms with Gasteiger partial charge in [0.05, 0.1) is 6.61 Å². The zero-order chi connectivity index (χ0) is 9.60. The monoisotopic (exact) mass is 195 g/mol. The van der Waals surface area contributed by atoms with Gasteiger partial charge in [0, 0.05) is 12.1 Å². The number of nitrogens with one attached hydrogen (secondary N) is 1. The second kappa shape index (κ2) is 3.21. The third-order valence-electron chi connectivity index (χ3n) is 4.65. The Morgan fingerprint density at radius 2 is 1.50 bits per heavy atom. The van der Waals surface area contributed by atoms with Gasteiger partial charge in [-0.15, -0.1) is 0 Å². The molecule has 4 aliphatic carbocycles. The number of aliphatic hydroxyl groups excluding tert-OH is 1. The molecule has 0 radical (unpaired) electrons. The van der Waals surface area contributed by atoms with Crippen molar-refractivity contribution in [3.8, 4) is 0 Å². The molecule has 0 aromatic carbocycles. The lowest BCUT2D eigenvalue weighted by atomic mass is 9.53. The first-order valence-electron chi connectivity index (χ1n) is 6.15. The normalized spacial score (nSPS) is 49.9. The molecule has 14 heavy (non-hydrogen) atoms. The highest BCUT2D eigenvalue weighted by molar-refractivity contribution is 5.06. The van der Waals surface area contributed by atoms with Crippen LogP contribution in [0.2, 0.25) is 0 Å². The summed E-state index contributed by atoms with van der Waals surface area (Å²) in [6.07, 6.45) is 8.66. The first kappa shape index (κ1) is 9.17. The summed E-state index contributed by atoms with van der Waals surface area (Å²) in [5, 5.41) is 12.5. The van der Waals surface area contributed by atoms with Gasteiger partial charge in [-0.05, 0) is 56.3 Å². The van der Waals surface area contributed by atoms with Crippen LogP contribution in [0.5, 0.6) is 0 Å². The lowest BCUT2D eigenvalue weighted by Gasteiger charge is -2.57. The third kappa shape index (κ3) is 1.40. The maximum absolute atomic E-state index is 8.91. The topological polar surface area (TPSA) is 32.3 Å². The minimum atomic E-state index is 0.293. The number of hydrogen-bond donors (Lipinski definition) is 2. The Morgan fingerprint density at radius 1 is 1.00 bits per heavy atom. The van der Waals surface area contributed by atoms with Gasteiger partial charge in [-0.2, -0.15) is 0 Å². The predicted molar refractivity (Wildman–Crippen MR) is 56.0 cm³/mol. The number of β-amino-alcohol motifs (C(OH)–C–C–N with tert-alkyl or cyclic N) is 1. The van der Waals surface area contributed by atoms with Crippen LogP contribution in [0.4, 0.5) is 0 Å². The molecular formula is C12H21NO. The van der Waals surface area contributed by atoms with Gasteiger partial charge in [-0.1, -0.05) is 0 Å². The van der Waals surface area contributed by atoms with E-state index in [2.05, 4.69) is 5.32 Å². The quantitative estimate of drug-likeness (QED) is 0.716. The molecule has 0 aromatic rings. The molecule has 4 saturated carbocycles. The largest absolute Gasteiger partial charge is 0.395 e. The van der Waals surface area contributed by atoms with Crippen LogP contribution in [0.3, 0.4) is 0 Å². The van der Waals surface area contributed by atoms with E-state index in [1.807, 2.05) is 0 Å². The average Bonchev–Trinajstić information content (AvgIpc) is 2.12. The van der Waals surface area contributed by atoms with Crippen LogP contribution < -0.4 is 5.32 Å². The zero-order valence-corrected chi connectivity index (χ0v) is 8.84. The Hall–Kier alpha value is -0.0800. The molecule has 4 rings (SSSR count). The molecule has 0 heterocycles. The summed E-state index contributed by atoms with van der Waals surface area (Å²) in [5.74, 6) is 3.02. The molecule has 0 unspecified atom stereocenters. The van der Waals surface area contributed by atoms with E-state index in [9.17, 15) is 0 Å². The Morgan fingerprint density at radius 3 is 1.93 bits per heavy atom. The van der Waals surface area contributed by atoms with Crippen molar-refractivity contribution in [3.05, 3.63) is 0 Å². The highest BCUT2D eigenvalue weighted by Crippen LogP contribution is 2.55. The Labute approximate surface area is 86.1 Å². The van der Waals surface area contributed by atoms with Crippen LogP contribution in [-0.2, 0) is 0 Å². The van der Waals surface area contributed by atoms with Crippen LogP contribution in [0, 0.1) is 17.8 Å². The summed E-state index contributed by atoms with van der Waals surface area (Å²) in [5.41, 5.74) is 0.442. The Balaban J connectivity index is 1.74. The van der Waals surface area contributed by atoms with Crippen LogP contribution in [0.15, 0.2) is 0 Å². The van der Waals surface area contributed by atoms with E-state index in [4.69, 9.17) is 5.11 Å². The number of rotatable bonds is 3. The van der Waals surface area contributed by atoms with Crippen molar-refractivity contribution < 1.29 is 5.11 Å². The van der Waals surface area contributed by atoms with Gasteiger partial charge in [0.2, 0.25) is 0 Å². The van der Waals surface area contributed by atoms with E-state index >= 15 is 0 Å². The molecule has 0 spiro atoms. The Kier molecular flexibility index (Phi) is 2.10. The first-order chi connectivity index (χ1) is 6.80. The maximum Gasteiger partial charge on any atom is 0.0556 e. The highest BCUT2D eigenvalue weighted by atomic mass is 16.3. The molecule has 0 aliphatic heterocycles. The number of aliphatic hydroxyl groups is 1. The molecule has 0 amide bonds. The van der Waals surface area contributed by atoms with Crippen molar-refractivity contribution in [2.45, 2.75) is 44.1 Å². The smallest absolute Gasteiger partial charge is 0.0556 e. The molecule has 4 fully saturated rings. The summed E-state index contributed by atoms with van der Waals surface area (Å²) < 4.78 is 0. The maximum atomic E-state index is 8.91. The SMILES string of the molecule is OCCNC12CC3CC(CC(C3)C1)C2. The van der Waals surface area contributed by atoms with E-state index in [-0.39, 0.29) is 0 Å². The van der Waals surface area contributed by atoms with Gasteiger partial charge < -0.3 is 10.4 Å². The molecule has 2 N–H and O–H groups in total. The lowest BCUT2D eigenvalue weighted by Crippen LogP contribution is -2.58. The third-order valence-corrected chi connectivity index (χ3v) is 4.65. The van der Waals surface area contributed by atoms with Gasteiger partial charge in [-0.25, -0.2) is 0 Å². The summed E-state index contributed by atoms with van der Waals surface area (Å²) >= 11 is 0. The molecule has 0 atom stereocenters. The van der Waals surface area contributed by atoms with Crippen LogP contribution in [0.25, 0.3) is 0 Å². The molecular weight excluding hydrogens is 174 g/mol. The fourth-order valence-electron chi connectivity index (χ4n) is 4.65. The summed E-state index contributed by atoms with van der Waals surface area (Å²) in [6, 6.07) is 0. The standard InChI is InChI=1S/C12H21NO/c14-2-1-13-12-6-9-3-10(7-12)5-11(4-9)8-12/h9-11,13-14H,1-8H2. The van der Waals surface area contributed by atoms with Gasteiger partial charge in [0.25, 0.3) is 0 Å². The van der Waals surface area contributed by atoms with Crippen molar-refractivity contribution in [3.63, 3.8) is 0 Å². The molecule has 4 bridgehead atoms. The van der Waals surface area contributed by atoms with Crippen molar-refractivity contribution in [1.82, 2.24) is 5.32 Å². The van der Waals surface area contributed by atoms with Gasteiger partial charge in [-0.3, -0.25) is 0 Å². The van der Waals surface area contributed by atoms with Crippen molar-refractivity contribution in [2.75, 3.05) is 13.2 Å². The van der Waals surface area contributed by atoms with E-state index in [1.165, 1.54) is 38.5 Å². The van der Waals surface area contributed by atoms with E-state index in [1.54, 1.807) is 0 Å². The molecule has 80 valence electrons. The lowest BCUT2D eigenvalue weighted by molar-refractivity contribution is -0.0210. The fourth-order valence-corrected chi connectivity index (χ4v) is 4.65. The molecule has 2 nitrogen and oxygen atoms in total. The van der Waals surface area contributed by atoms with Crippen molar-refractivity contribution >= 4 is 0 Å². The summed E-state index contributed by atoms with van der Waals surface area (Å²) in [6.45, 7) is 1.09. The molecule has 4 aliphatic rings. The molecule has 2 heteroatoms. The zero-order valence-electron chi connectivity index (χ0n) is 8.84. The van der Waals surface area contributed by atoms with Crippen LogP contribution in [-0.4, -0.2) is 23.8 Å². The summed E-state index contributed by atoms with van der Waals surface area (Å²) in [4.78, 5) is 0. The highest BCUT2D eigenvalue weighted by Gasteiger charge is 2.50. The van der Waals surface area contributed by atoms with Gasteiger partial charge in [0.1, 0.15) is 0 Å². The number of hydrogen-bond acceptors (Lipinski definition) is 2. The van der Waals surface area contributed by atoms with Crippen molar-refractivity contribution in [1.29, 1.82) is 0 Å². The van der Waals surface area contributed by atoms with E-state index in [0.717, 1.165) is 24.3 Å². The van der Waals surface area contributed by atoms with E-state index < -0.39 is 0 Å². The minimum Gasteiger partial charge on any atom is -0.395 e. The minimum absolute atomic E-state index is 0.293. The predicted octanol–water partition coefficient (Wildman–Crippen LogP) is 1.54. The average molecular weight is 195 g/mol. The van der Waals surface area contributed by atoms with Crippen LogP contribution >= 0.6 is 0 Å². The van der Waals surface area contributed by atoms with Crippen molar-refractivity contribution in [2.24, 2.45) is 17.8 Å². The van der Waals surface area contributed by atoms with Gasteiger partial charge in [0.15, 0.2) is 0 Å². The fraction of sp³-hybridized carbons (Fsp3) is 1.00. The molecule has 0 aromatic heterocycles. The summed E-state index contributed by atoms with van der Waals surface area (Å²) in [7, 11) is 0. The van der Waals surface area contributed by atoms with Gasteiger partial charge >= 0.3 is 0 Å². The Bertz CT molecular complexity index is 191.